The Morgan fingerprint density at radius 1 is 1.37 bits per heavy atom. The number of benzene rings is 1. The Morgan fingerprint density at radius 3 is 3.00 bits per heavy atom. The smallest absolute Gasteiger partial charge is 0.387 e. The van der Waals surface area contributed by atoms with Crippen LogP contribution in [0.4, 0.5) is 14.5 Å². The first-order valence-corrected chi connectivity index (χ1v) is 9.21. The number of nitrogens with zero attached hydrogens (tertiary/aromatic N) is 3. The van der Waals surface area contributed by atoms with Crippen LogP contribution in [0.5, 0.6) is 5.75 Å². The van der Waals surface area contributed by atoms with Crippen molar-refractivity contribution in [1.29, 1.82) is 5.26 Å². The average molecular weight is 387 g/mol. The number of hydrogen-bond donors (Lipinski definition) is 0. The summed E-state index contributed by atoms with van der Waals surface area (Å²) in [5.74, 6) is 0.0405. The highest BCUT2D eigenvalue weighted by atomic mass is 32.1. The summed E-state index contributed by atoms with van der Waals surface area (Å²) in [6, 6.07) is 10.7. The van der Waals surface area contributed by atoms with Gasteiger partial charge in [-0.2, -0.15) is 14.0 Å². The molecule has 1 fully saturated rings. The third-order valence-electron chi connectivity index (χ3n) is 4.40. The molecule has 0 amide bonds. The zero-order valence-electron chi connectivity index (χ0n) is 14.1. The van der Waals surface area contributed by atoms with Gasteiger partial charge in [-0.3, -0.25) is 4.98 Å². The molecule has 0 radical (unpaired) electrons. The summed E-state index contributed by atoms with van der Waals surface area (Å²) in [7, 11) is 0. The van der Waals surface area contributed by atoms with Crippen molar-refractivity contribution in [3.63, 3.8) is 0 Å². The Labute approximate surface area is 158 Å². The number of pyridine rings is 1. The molecule has 0 aliphatic carbocycles. The van der Waals surface area contributed by atoms with E-state index in [0.717, 1.165) is 4.88 Å². The Hall–Kier alpha value is -2.76. The van der Waals surface area contributed by atoms with Crippen LogP contribution in [0.15, 0.2) is 41.9 Å². The van der Waals surface area contributed by atoms with Crippen LogP contribution < -0.4 is 9.64 Å². The largest absolute Gasteiger partial charge is 0.435 e. The molecule has 27 heavy (non-hydrogen) atoms. The molecule has 138 valence electrons. The molecule has 5 nitrogen and oxygen atoms in total. The molecule has 0 bridgehead atoms. The van der Waals surface area contributed by atoms with Gasteiger partial charge in [-0.15, -0.1) is 11.3 Å². The van der Waals surface area contributed by atoms with E-state index in [1.807, 2.05) is 17.5 Å². The third kappa shape index (κ3) is 3.56. The van der Waals surface area contributed by atoms with Gasteiger partial charge in [0.2, 0.25) is 0 Å². The molecule has 0 saturated carbocycles. The zero-order chi connectivity index (χ0) is 18.8. The highest BCUT2D eigenvalue weighted by Gasteiger charge is 2.26. The van der Waals surface area contributed by atoms with E-state index in [1.165, 1.54) is 18.3 Å². The molecular weight excluding hydrogens is 372 g/mol. The van der Waals surface area contributed by atoms with E-state index in [4.69, 9.17) is 4.74 Å². The van der Waals surface area contributed by atoms with E-state index < -0.39 is 6.61 Å². The van der Waals surface area contributed by atoms with Crippen LogP contribution in [0.1, 0.15) is 16.5 Å². The predicted molar refractivity (Wildman–Crippen MR) is 98.3 cm³/mol. The van der Waals surface area contributed by atoms with Crippen molar-refractivity contribution in [1.82, 2.24) is 4.98 Å². The molecule has 8 heteroatoms. The number of nitriles is 1. The minimum atomic E-state index is -2.91. The molecule has 1 aromatic carbocycles. The topological polar surface area (TPSA) is 58.4 Å². The lowest BCUT2D eigenvalue weighted by molar-refractivity contribution is -0.0497. The molecule has 0 N–H and O–H groups in total. The molecule has 3 heterocycles. The van der Waals surface area contributed by atoms with Crippen molar-refractivity contribution in [3.05, 3.63) is 52.3 Å². The van der Waals surface area contributed by atoms with E-state index in [9.17, 15) is 14.0 Å². The number of fused-ring (bicyclic) bond motifs is 1. The second-order valence-corrected chi connectivity index (χ2v) is 6.99. The highest BCUT2D eigenvalue weighted by molar-refractivity contribution is 7.10. The zero-order valence-corrected chi connectivity index (χ0v) is 15.0. The first kappa shape index (κ1) is 17.6. The first-order valence-electron chi connectivity index (χ1n) is 8.33. The number of ether oxygens (including phenoxy) is 2. The molecule has 1 unspecified atom stereocenters. The van der Waals surface area contributed by atoms with Gasteiger partial charge >= 0.3 is 6.61 Å². The summed E-state index contributed by atoms with van der Waals surface area (Å²) in [6.07, 6.45) is 1.41. The summed E-state index contributed by atoms with van der Waals surface area (Å²) in [6.45, 7) is -1.25. The van der Waals surface area contributed by atoms with E-state index in [2.05, 4.69) is 20.7 Å². The molecule has 3 aromatic rings. The van der Waals surface area contributed by atoms with Crippen LogP contribution in [0.3, 0.4) is 0 Å². The van der Waals surface area contributed by atoms with E-state index >= 15 is 0 Å². The monoisotopic (exact) mass is 387 g/mol. The van der Waals surface area contributed by atoms with Gasteiger partial charge < -0.3 is 14.4 Å². The number of rotatable bonds is 4. The number of alkyl halides is 2. The molecule has 1 saturated heterocycles. The molecule has 0 spiro atoms. The van der Waals surface area contributed by atoms with Gasteiger partial charge in [-0.1, -0.05) is 6.07 Å². The molecule has 1 aliphatic rings. The fourth-order valence-corrected chi connectivity index (χ4v) is 4.02. The number of thiophene rings is 1. The fourth-order valence-electron chi connectivity index (χ4n) is 3.26. The van der Waals surface area contributed by atoms with Gasteiger partial charge in [0.15, 0.2) is 0 Å². The minimum absolute atomic E-state index is 0.0405. The highest BCUT2D eigenvalue weighted by Crippen LogP contribution is 2.36. The van der Waals surface area contributed by atoms with Crippen molar-refractivity contribution < 1.29 is 18.3 Å². The van der Waals surface area contributed by atoms with Crippen LogP contribution in [0.25, 0.3) is 10.9 Å². The van der Waals surface area contributed by atoms with Gasteiger partial charge in [0.1, 0.15) is 17.9 Å². The number of halogens is 2. The van der Waals surface area contributed by atoms with Crippen molar-refractivity contribution in [3.8, 4) is 11.8 Å². The normalized spacial score (nSPS) is 17.3. The third-order valence-corrected chi connectivity index (χ3v) is 5.36. The summed E-state index contributed by atoms with van der Waals surface area (Å²) in [5.41, 5.74) is 1.68. The minimum Gasteiger partial charge on any atom is -0.435 e. The maximum atomic E-state index is 12.6. The Kier molecular flexibility index (Phi) is 4.88. The molecular formula is C19H15F2N3O2S. The van der Waals surface area contributed by atoms with Gasteiger partial charge in [0, 0.05) is 29.5 Å². The molecule has 1 aliphatic heterocycles. The van der Waals surface area contributed by atoms with Crippen LogP contribution in [0, 0.1) is 11.3 Å². The quantitative estimate of drug-likeness (QED) is 0.666. The Bertz CT molecular complexity index is 989. The van der Waals surface area contributed by atoms with Crippen molar-refractivity contribution in [2.24, 2.45) is 0 Å². The standard InChI is InChI=1S/C19H15F2N3O2S/c20-19(21)26-13-3-4-15-14(8-13)18(12(9-22)10-23-15)24-5-6-25-16(11-24)17-2-1-7-27-17/h1-4,7-8,10,16,19H,5-6,11H2. The fraction of sp³-hybridized carbons (Fsp3) is 0.263. The van der Waals surface area contributed by atoms with E-state index in [-0.39, 0.29) is 11.9 Å². The van der Waals surface area contributed by atoms with E-state index in [0.29, 0.717) is 41.9 Å². The van der Waals surface area contributed by atoms with Gasteiger partial charge in [-0.25, -0.2) is 0 Å². The van der Waals surface area contributed by atoms with Crippen molar-refractivity contribution in [2.75, 3.05) is 24.6 Å². The molecule has 4 rings (SSSR count). The van der Waals surface area contributed by atoms with Gasteiger partial charge in [0.25, 0.3) is 0 Å². The maximum Gasteiger partial charge on any atom is 0.387 e. The predicted octanol–water partition coefficient (Wildman–Crippen LogP) is 4.35. The van der Waals surface area contributed by atoms with E-state index in [1.54, 1.807) is 17.4 Å². The summed E-state index contributed by atoms with van der Waals surface area (Å²) in [5, 5.41) is 12.2. The van der Waals surface area contributed by atoms with Crippen molar-refractivity contribution >= 4 is 27.9 Å². The lowest BCUT2D eigenvalue weighted by Crippen LogP contribution is -2.38. The van der Waals surface area contributed by atoms with Gasteiger partial charge in [-0.05, 0) is 29.6 Å². The average Bonchev–Trinajstić information content (AvgIpc) is 3.21. The summed E-state index contributed by atoms with van der Waals surface area (Å²) >= 11 is 1.62. The van der Waals surface area contributed by atoms with Crippen molar-refractivity contribution in [2.45, 2.75) is 12.7 Å². The number of hydrogen-bond acceptors (Lipinski definition) is 6. The lowest BCUT2D eigenvalue weighted by Gasteiger charge is -2.35. The van der Waals surface area contributed by atoms with Crippen LogP contribution >= 0.6 is 11.3 Å². The van der Waals surface area contributed by atoms with Crippen LogP contribution in [0.2, 0.25) is 0 Å². The Morgan fingerprint density at radius 2 is 2.26 bits per heavy atom. The second-order valence-electron chi connectivity index (χ2n) is 6.01. The number of anilines is 1. The summed E-state index contributed by atoms with van der Waals surface area (Å²) < 4.78 is 35.6. The molecule has 1 atom stereocenters. The van der Waals surface area contributed by atoms with Gasteiger partial charge in [0.05, 0.1) is 23.4 Å². The Balaban J connectivity index is 1.77. The SMILES string of the molecule is N#Cc1cnc2ccc(OC(F)F)cc2c1N1CCOC(c2cccs2)C1. The van der Waals surface area contributed by atoms with Crippen LogP contribution in [-0.2, 0) is 4.74 Å². The first-order chi connectivity index (χ1) is 13.2. The summed E-state index contributed by atoms with van der Waals surface area (Å²) in [4.78, 5) is 7.44. The molecule has 2 aromatic heterocycles. The number of aromatic nitrogens is 1. The van der Waals surface area contributed by atoms with Crippen LogP contribution in [-0.4, -0.2) is 31.3 Å². The lowest BCUT2D eigenvalue weighted by atomic mass is 10.1. The number of morpholine rings is 1. The maximum absolute atomic E-state index is 12.6. The second kappa shape index (κ2) is 7.47.